The second-order valence-electron chi connectivity index (χ2n) is 14.2. The average Bonchev–Trinajstić information content (AvgIpc) is 3.86. The summed E-state index contributed by atoms with van der Waals surface area (Å²) in [6.07, 6.45) is 0. The van der Waals surface area contributed by atoms with E-state index in [9.17, 15) is 27.2 Å². The molecule has 0 unspecified atom stereocenters. The maximum absolute atomic E-state index is 14.7. The van der Waals surface area contributed by atoms with Gasteiger partial charge in [-0.1, -0.05) is 36.4 Å². The Morgan fingerprint density at radius 2 is 0.852 bits per heavy atom. The molecule has 0 aliphatic rings. The fraction of sp³-hybridized carbons (Fsp3) is 0. The van der Waals surface area contributed by atoms with Crippen LogP contribution in [0.2, 0.25) is 0 Å². The van der Waals surface area contributed by atoms with E-state index in [0.29, 0.717) is 76.5 Å². The van der Waals surface area contributed by atoms with Crippen LogP contribution in [-0.2, 0) is 0 Å². The molecule has 0 bridgehead atoms. The van der Waals surface area contributed by atoms with Gasteiger partial charge in [-0.25, -0.2) is 27.5 Å². The third kappa shape index (κ3) is 3.16. The van der Waals surface area contributed by atoms with Gasteiger partial charge in [-0.3, -0.25) is 18.4 Å². The SMILES string of the molecule is O=c1c2c(cc3cccc4c3c2c2cccc3cc5c(=O)n6c7cc8cc(F)c(F)cc8cc7nc6c5c4c32)c2nc3cc4cc(F)c(F)cc4cc3n12. The average molecular weight is 709 g/mol. The van der Waals surface area contributed by atoms with Gasteiger partial charge in [0.05, 0.1) is 32.8 Å². The molecule has 0 aliphatic heterocycles. The second kappa shape index (κ2) is 9.05. The summed E-state index contributed by atoms with van der Waals surface area (Å²) in [6, 6.07) is 26.7. The van der Waals surface area contributed by atoms with E-state index in [1.54, 1.807) is 33.1 Å². The van der Waals surface area contributed by atoms with Crippen molar-refractivity contribution in [3.05, 3.63) is 141 Å². The highest BCUT2D eigenvalue weighted by atomic mass is 19.2. The van der Waals surface area contributed by atoms with E-state index in [0.717, 1.165) is 67.4 Å². The Balaban J connectivity index is 1.23. The zero-order valence-corrected chi connectivity index (χ0v) is 27.4. The molecule has 0 aliphatic carbocycles. The lowest BCUT2D eigenvalue weighted by Crippen LogP contribution is -2.06. The number of aromatic nitrogens is 4. The molecule has 13 rings (SSSR count). The molecule has 10 heteroatoms. The molecule has 13 aromatic rings. The van der Waals surface area contributed by atoms with Crippen LogP contribution in [0.1, 0.15) is 0 Å². The van der Waals surface area contributed by atoms with Crippen molar-refractivity contribution in [1.29, 1.82) is 0 Å². The Labute approximate surface area is 296 Å². The summed E-state index contributed by atoms with van der Waals surface area (Å²) in [5.41, 5.74) is 2.26. The van der Waals surface area contributed by atoms with Crippen LogP contribution in [-0.4, -0.2) is 18.8 Å². The second-order valence-corrected chi connectivity index (χ2v) is 14.2. The van der Waals surface area contributed by atoms with Crippen LogP contribution < -0.4 is 11.1 Å². The number of halogens is 4. The Bertz CT molecular complexity index is 4060. The van der Waals surface area contributed by atoms with Gasteiger partial charge in [0.25, 0.3) is 11.1 Å². The lowest BCUT2D eigenvalue weighted by Gasteiger charge is -2.15. The third-order valence-corrected chi connectivity index (χ3v) is 11.5. The summed E-state index contributed by atoms with van der Waals surface area (Å²) >= 11 is 0. The van der Waals surface area contributed by atoms with Crippen molar-refractivity contribution in [2.75, 3.05) is 0 Å². The quantitative estimate of drug-likeness (QED) is 0.0894. The monoisotopic (exact) mass is 708 g/mol. The largest absolute Gasteiger partial charge is 0.268 e. The van der Waals surface area contributed by atoms with E-state index in [4.69, 9.17) is 9.97 Å². The molecule has 9 aromatic carbocycles. The van der Waals surface area contributed by atoms with Crippen molar-refractivity contribution in [3.8, 4) is 0 Å². The number of nitrogens with zero attached hydrogens (tertiary/aromatic N) is 4. The highest BCUT2D eigenvalue weighted by Gasteiger charge is 2.26. The first-order chi connectivity index (χ1) is 26.2. The number of hydrogen-bond donors (Lipinski definition) is 0. The fourth-order valence-electron chi connectivity index (χ4n) is 9.29. The molecule has 54 heavy (non-hydrogen) atoms. The summed E-state index contributed by atoms with van der Waals surface area (Å²) < 4.78 is 60.0. The summed E-state index contributed by atoms with van der Waals surface area (Å²) in [6.45, 7) is 0. The molecule has 0 radical (unpaired) electrons. The fourth-order valence-corrected chi connectivity index (χ4v) is 9.29. The zero-order valence-electron chi connectivity index (χ0n) is 27.4. The van der Waals surface area contributed by atoms with Crippen LogP contribution >= 0.6 is 0 Å². The summed E-state index contributed by atoms with van der Waals surface area (Å²) in [7, 11) is 0. The molecule has 4 heterocycles. The van der Waals surface area contributed by atoms with Crippen molar-refractivity contribution < 1.29 is 17.6 Å². The van der Waals surface area contributed by atoms with Gasteiger partial charge in [0.15, 0.2) is 23.3 Å². The molecule has 252 valence electrons. The molecule has 0 saturated heterocycles. The molecular weight excluding hydrogens is 693 g/mol. The Morgan fingerprint density at radius 1 is 0.389 bits per heavy atom. The predicted octanol–water partition coefficient (Wildman–Crippen LogP) is 10.1. The van der Waals surface area contributed by atoms with E-state index >= 15 is 0 Å². The van der Waals surface area contributed by atoms with Crippen LogP contribution in [0.4, 0.5) is 17.6 Å². The smallest absolute Gasteiger partial charge is 0.265 e. The topological polar surface area (TPSA) is 68.7 Å². The molecule has 0 fully saturated rings. The maximum atomic E-state index is 14.7. The lowest BCUT2D eigenvalue weighted by atomic mass is 9.86. The molecule has 0 N–H and O–H groups in total. The maximum Gasteiger partial charge on any atom is 0.265 e. The summed E-state index contributed by atoms with van der Waals surface area (Å²) in [5, 5.41) is 10.7. The minimum absolute atomic E-state index is 0.275. The van der Waals surface area contributed by atoms with E-state index in [1.165, 1.54) is 0 Å². The van der Waals surface area contributed by atoms with Crippen LogP contribution in [0.15, 0.2) is 107 Å². The molecule has 0 atom stereocenters. The van der Waals surface area contributed by atoms with Crippen LogP contribution in [0.25, 0.3) is 120 Å². The van der Waals surface area contributed by atoms with E-state index < -0.39 is 23.3 Å². The van der Waals surface area contributed by atoms with Gasteiger partial charge in [-0.2, -0.15) is 0 Å². The predicted molar refractivity (Wildman–Crippen MR) is 205 cm³/mol. The number of hydrogen-bond acceptors (Lipinski definition) is 4. The molecule has 0 saturated carbocycles. The number of rotatable bonds is 0. The summed E-state index contributed by atoms with van der Waals surface area (Å²) in [4.78, 5) is 38.9. The van der Waals surface area contributed by atoms with E-state index in [1.807, 2.05) is 48.5 Å². The van der Waals surface area contributed by atoms with Gasteiger partial charge in [-0.05, 0) is 115 Å². The Morgan fingerprint density at radius 3 is 1.41 bits per heavy atom. The van der Waals surface area contributed by atoms with Gasteiger partial charge in [0, 0.05) is 21.5 Å². The summed E-state index contributed by atoms with van der Waals surface area (Å²) in [5.74, 6) is -3.88. The van der Waals surface area contributed by atoms with E-state index in [-0.39, 0.29) is 11.1 Å². The van der Waals surface area contributed by atoms with Crippen LogP contribution in [0, 0.1) is 23.3 Å². The first kappa shape index (κ1) is 28.4. The van der Waals surface area contributed by atoms with Crippen molar-refractivity contribution in [2.45, 2.75) is 0 Å². The molecule has 0 amide bonds. The highest BCUT2D eigenvalue weighted by molar-refractivity contribution is 6.43. The Kier molecular flexibility index (Phi) is 4.76. The third-order valence-electron chi connectivity index (χ3n) is 11.5. The number of imidazole rings is 2. The molecule has 6 nitrogen and oxygen atoms in total. The minimum Gasteiger partial charge on any atom is -0.268 e. The van der Waals surface area contributed by atoms with Gasteiger partial charge in [-0.15, -0.1) is 0 Å². The first-order valence-electron chi connectivity index (χ1n) is 17.2. The minimum atomic E-state index is -0.977. The molecule has 0 spiro atoms. The molecular formula is C44H16F4N4O2. The van der Waals surface area contributed by atoms with Gasteiger partial charge in [0.2, 0.25) is 0 Å². The molecule has 4 aromatic heterocycles. The van der Waals surface area contributed by atoms with Crippen molar-refractivity contribution in [3.63, 3.8) is 0 Å². The van der Waals surface area contributed by atoms with Crippen molar-refractivity contribution in [2.24, 2.45) is 0 Å². The number of benzene rings is 9. The lowest BCUT2D eigenvalue weighted by molar-refractivity contribution is 0.511. The van der Waals surface area contributed by atoms with Crippen LogP contribution in [0.3, 0.4) is 0 Å². The number of fused-ring (bicyclic) bond motifs is 16. The van der Waals surface area contributed by atoms with Gasteiger partial charge in [0.1, 0.15) is 11.3 Å². The first-order valence-corrected chi connectivity index (χ1v) is 17.2. The normalized spacial score (nSPS) is 13.0. The van der Waals surface area contributed by atoms with Crippen molar-refractivity contribution in [1.82, 2.24) is 18.8 Å². The van der Waals surface area contributed by atoms with Gasteiger partial charge < -0.3 is 0 Å². The highest BCUT2D eigenvalue weighted by Crippen LogP contribution is 2.47. The standard InChI is InChI=1S/C44H16F4N4O2/c45-27-9-19-13-31-33(15-21(19)11-29(27)47)51-41(49-31)25-7-17-3-1-5-23-36(17)38(40(25)44(51)54)24-6-2-4-18-8-26-39(37(23)35(18)24)42-50-32-14-20-10-28(46)30(48)12-22(20)16-34(32)52(42)43(26)53/h1-16H. The van der Waals surface area contributed by atoms with E-state index in [2.05, 4.69) is 0 Å². The van der Waals surface area contributed by atoms with Crippen LogP contribution in [0.5, 0.6) is 0 Å². The van der Waals surface area contributed by atoms with Crippen molar-refractivity contribution >= 4 is 120 Å². The Hall–Kier alpha value is -7.20. The zero-order chi connectivity index (χ0) is 36.0. The van der Waals surface area contributed by atoms with Gasteiger partial charge >= 0.3 is 0 Å².